The lowest BCUT2D eigenvalue weighted by Gasteiger charge is -2.07. The third-order valence-corrected chi connectivity index (χ3v) is 6.13. The molecule has 0 fully saturated rings. The first-order valence-corrected chi connectivity index (χ1v) is 11.6. The summed E-state index contributed by atoms with van der Waals surface area (Å²) < 4.78 is 2.94. The molecule has 0 aliphatic rings. The van der Waals surface area contributed by atoms with Crippen molar-refractivity contribution in [3.8, 4) is 0 Å². The molecule has 3 rings (SSSR count). The van der Waals surface area contributed by atoms with E-state index in [1.807, 2.05) is 10.9 Å². The summed E-state index contributed by atoms with van der Waals surface area (Å²) in [5.41, 5.74) is 2.29. The molecule has 1 aromatic heterocycles. The van der Waals surface area contributed by atoms with Gasteiger partial charge in [0.2, 0.25) is 5.16 Å². The monoisotopic (exact) mass is 460 g/mol. The van der Waals surface area contributed by atoms with E-state index < -0.39 is 0 Å². The standard InChI is InChI=1S/C20H21BrN4S2/c1-14(2)19-23-24-20(27-13-16-4-8-17(21)9-5-16)25(19)22-12-15-6-10-18(26-3)11-7-15/h4-12,14H,13H2,1-3H3/b22-12+. The molecular formula is C20H21BrN4S2. The van der Waals surface area contributed by atoms with Crippen LogP contribution in [0.15, 0.2) is 68.2 Å². The molecule has 0 aliphatic carbocycles. The number of halogens is 1. The van der Waals surface area contributed by atoms with Gasteiger partial charge >= 0.3 is 0 Å². The van der Waals surface area contributed by atoms with Crippen molar-refractivity contribution in [2.75, 3.05) is 6.26 Å². The minimum Gasteiger partial charge on any atom is -0.191 e. The van der Waals surface area contributed by atoms with Crippen LogP contribution in [0.1, 0.15) is 36.7 Å². The second-order valence-electron chi connectivity index (χ2n) is 6.24. The van der Waals surface area contributed by atoms with Gasteiger partial charge in [-0.2, -0.15) is 9.78 Å². The van der Waals surface area contributed by atoms with Crippen LogP contribution >= 0.6 is 39.5 Å². The zero-order chi connectivity index (χ0) is 19.2. The fourth-order valence-corrected chi connectivity index (χ4v) is 3.90. The number of hydrogen-bond donors (Lipinski definition) is 0. The first-order chi connectivity index (χ1) is 13.1. The van der Waals surface area contributed by atoms with Crippen LogP contribution in [0.3, 0.4) is 0 Å². The molecule has 0 aliphatic heterocycles. The lowest BCUT2D eigenvalue weighted by Crippen LogP contribution is -2.02. The summed E-state index contributed by atoms with van der Waals surface area (Å²) >= 11 is 6.84. The molecule has 4 nitrogen and oxygen atoms in total. The lowest BCUT2D eigenvalue weighted by molar-refractivity contribution is 0.667. The molecule has 27 heavy (non-hydrogen) atoms. The Morgan fingerprint density at radius 2 is 1.78 bits per heavy atom. The highest BCUT2D eigenvalue weighted by molar-refractivity contribution is 9.10. The molecule has 0 radical (unpaired) electrons. The Bertz CT molecular complexity index is 903. The molecule has 0 spiro atoms. The van der Waals surface area contributed by atoms with Gasteiger partial charge in [0, 0.05) is 21.0 Å². The topological polar surface area (TPSA) is 43.1 Å². The Labute approximate surface area is 177 Å². The second-order valence-corrected chi connectivity index (χ2v) is 8.98. The maximum absolute atomic E-state index is 4.67. The van der Waals surface area contributed by atoms with E-state index in [1.54, 1.807) is 23.5 Å². The fraction of sp³-hybridized carbons (Fsp3) is 0.250. The Morgan fingerprint density at radius 1 is 1.07 bits per heavy atom. The van der Waals surface area contributed by atoms with Crippen molar-refractivity contribution in [1.29, 1.82) is 0 Å². The average Bonchev–Trinajstić information content (AvgIpc) is 3.09. The van der Waals surface area contributed by atoms with Gasteiger partial charge in [-0.3, -0.25) is 0 Å². The molecule has 3 aromatic rings. The van der Waals surface area contributed by atoms with Crippen molar-refractivity contribution in [2.24, 2.45) is 5.10 Å². The van der Waals surface area contributed by atoms with Gasteiger partial charge in [-0.25, -0.2) is 0 Å². The van der Waals surface area contributed by atoms with Crippen LogP contribution in [0.2, 0.25) is 0 Å². The zero-order valence-electron chi connectivity index (χ0n) is 15.5. The first-order valence-electron chi connectivity index (χ1n) is 8.58. The predicted octanol–water partition coefficient (Wildman–Crippen LogP) is 6.06. The van der Waals surface area contributed by atoms with Gasteiger partial charge in [-0.05, 0) is 41.6 Å². The molecule has 1 heterocycles. The molecule has 0 saturated carbocycles. The predicted molar refractivity (Wildman–Crippen MR) is 119 cm³/mol. The van der Waals surface area contributed by atoms with Crippen molar-refractivity contribution in [3.05, 3.63) is 70.0 Å². The van der Waals surface area contributed by atoms with Crippen LogP contribution in [0, 0.1) is 0 Å². The smallest absolute Gasteiger partial charge is 0.191 e. The molecule has 0 unspecified atom stereocenters. The molecule has 0 N–H and O–H groups in total. The highest BCUT2D eigenvalue weighted by Crippen LogP contribution is 2.25. The van der Waals surface area contributed by atoms with E-state index in [0.29, 0.717) is 0 Å². The number of rotatable bonds is 7. The molecular weight excluding hydrogens is 440 g/mol. The summed E-state index contributed by atoms with van der Waals surface area (Å²) in [6.45, 7) is 4.21. The van der Waals surface area contributed by atoms with Gasteiger partial charge in [0.1, 0.15) is 0 Å². The summed E-state index contributed by atoms with van der Waals surface area (Å²) in [5.74, 6) is 1.93. The summed E-state index contributed by atoms with van der Waals surface area (Å²) in [5, 5.41) is 14.2. The fourth-order valence-electron chi connectivity index (χ4n) is 2.38. The van der Waals surface area contributed by atoms with E-state index in [4.69, 9.17) is 0 Å². The van der Waals surface area contributed by atoms with Crippen LogP contribution in [0.4, 0.5) is 0 Å². The van der Waals surface area contributed by atoms with Crippen LogP contribution in [0.5, 0.6) is 0 Å². The lowest BCUT2D eigenvalue weighted by atomic mass is 10.2. The van der Waals surface area contributed by atoms with Crippen molar-refractivity contribution < 1.29 is 0 Å². The minimum absolute atomic E-state index is 0.246. The molecule has 0 atom stereocenters. The number of thioether (sulfide) groups is 2. The van der Waals surface area contributed by atoms with E-state index >= 15 is 0 Å². The highest BCUT2D eigenvalue weighted by Gasteiger charge is 2.15. The molecule has 0 saturated heterocycles. The SMILES string of the molecule is CSc1ccc(/C=N/n2c(SCc3ccc(Br)cc3)nnc2C(C)C)cc1. The Morgan fingerprint density at radius 3 is 2.41 bits per heavy atom. The maximum Gasteiger partial charge on any atom is 0.212 e. The van der Waals surface area contributed by atoms with E-state index in [-0.39, 0.29) is 5.92 Å². The normalized spacial score (nSPS) is 11.6. The summed E-state index contributed by atoms with van der Waals surface area (Å²) in [6, 6.07) is 16.7. The molecule has 2 aromatic carbocycles. The number of benzene rings is 2. The summed E-state index contributed by atoms with van der Waals surface area (Å²) in [4.78, 5) is 1.24. The first kappa shape index (κ1) is 20.2. The van der Waals surface area contributed by atoms with Crippen molar-refractivity contribution in [1.82, 2.24) is 14.9 Å². The van der Waals surface area contributed by atoms with Gasteiger partial charge in [0.15, 0.2) is 5.82 Å². The Kier molecular flexibility index (Phi) is 7.15. The van der Waals surface area contributed by atoms with Crippen molar-refractivity contribution in [3.63, 3.8) is 0 Å². The number of nitrogens with zero attached hydrogens (tertiary/aromatic N) is 4. The molecule has 7 heteroatoms. The van der Waals surface area contributed by atoms with Crippen LogP contribution in [0.25, 0.3) is 0 Å². The quantitative estimate of drug-likeness (QED) is 0.317. The third-order valence-electron chi connectivity index (χ3n) is 3.87. The Hall–Kier alpha value is -1.57. The van der Waals surface area contributed by atoms with E-state index in [2.05, 4.69) is 99.9 Å². The van der Waals surface area contributed by atoms with Gasteiger partial charge in [0.05, 0.1) is 6.21 Å². The minimum atomic E-state index is 0.246. The number of hydrogen-bond acceptors (Lipinski definition) is 5. The number of aromatic nitrogens is 3. The highest BCUT2D eigenvalue weighted by atomic mass is 79.9. The molecule has 0 bridgehead atoms. The summed E-state index contributed by atoms with van der Waals surface area (Å²) in [7, 11) is 0. The summed E-state index contributed by atoms with van der Waals surface area (Å²) in [6.07, 6.45) is 3.94. The van der Waals surface area contributed by atoms with Gasteiger partial charge in [0.25, 0.3) is 0 Å². The van der Waals surface area contributed by atoms with Gasteiger partial charge in [-0.15, -0.1) is 22.0 Å². The van der Waals surface area contributed by atoms with E-state index in [1.165, 1.54) is 10.5 Å². The van der Waals surface area contributed by atoms with E-state index in [0.717, 1.165) is 26.8 Å². The zero-order valence-corrected chi connectivity index (χ0v) is 18.7. The third kappa shape index (κ3) is 5.46. The average molecular weight is 461 g/mol. The largest absolute Gasteiger partial charge is 0.212 e. The molecule has 0 amide bonds. The Balaban J connectivity index is 1.80. The van der Waals surface area contributed by atoms with Gasteiger partial charge in [-0.1, -0.05) is 65.8 Å². The van der Waals surface area contributed by atoms with Gasteiger partial charge < -0.3 is 0 Å². The van der Waals surface area contributed by atoms with Crippen molar-refractivity contribution >= 4 is 45.7 Å². The molecule has 140 valence electrons. The maximum atomic E-state index is 4.67. The van der Waals surface area contributed by atoms with Crippen LogP contribution < -0.4 is 0 Å². The van der Waals surface area contributed by atoms with Crippen molar-refractivity contribution in [2.45, 2.75) is 35.6 Å². The van der Waals surface area contributed by atoms with Crippen LogP contribution in [-0.2, 0) is 5.75 Å². The van der Waals surface area contributed by atoms with E-state index in [9.17, 15) is 0 Å². The van der Waals surface area contributed by atoms with Crippen LogP contribution in [-0.4, -0.2) is 27.3 Å². The second kappa shape index (κ2) is 9.57.